The second-order valence-corrected chi connectivity index (χ2v) is 6.96. The first-order valence-corrected chi connectivity index (χ1v) is 9.00. The van der Waals surface area contributed by atoms with Gasteiger partial charge < -0.3 is 10.1 Å². The van der Waals surface area contributed by atoms with Gasteiger partial charge in [-0.25, -0.2) is 5.84 Å². The molecule has 0 heterocycles. The number of amides is 2. The molecule has 0 aliphatic carbocycles. The van der Waals surface area contributed by atoms with E-state index in [2.05, 4.69) is 33.0 Å². The minimum atomic E-state index is -0.427. The molecular weight excluding hydrogens is 342 g/mol. The van der Waals surface area contributed by atoms with Crippen molar-refractivity contribution in [1.29, 1.82) is 0 Å². The highest BCUT2D eigenvalue weighted by Gasteiger charge is 2.16. The fourth-order valence-corrected chi connectivity index (χ4v) is 2.77. The van der Waals surface area contributed by atoms with Crippen LogP contribution < -0.4 is 21.3 Å². The first kappa shape index (κ1) is 20.5. The van der Waals surface area contributed by atoms with Crippen molar-refractivity contribution in [3.05, 3.63) is 59.2 Å². The van der Waals surface area contributed by atoms with Crippen LogP contribution in [0.3, 0.4) is 0 Å². The van der Waals surface area contributed by atoms with E-state index in [1.165, 1.54) is 0 Å². The van der Waals surface area contributed by atoms with E-state index in [1.54, 1.807) is 24.3 Å². The van der Waals surface area contributed by atoms with Gasteiger partial charge in [-0.1, -0.05) is 45.9 Å². The molecule has 0 atom stereocenters. The van der Waals surface area contributed by atoms with Crippen LogP contribution in [0.4, 0.5) is 5.69 Å². The predicted octanol–water partition coefficient (Wildman–Crippen LogP) is 3.55. The third kappa shape index (κ3) is 5.31. The Hall–Kier alpha value is -2.86. The molecule has 4 N–H and O–H groups in total. The number of anilines is 1. The van der Waals surface area contributed by atoms with E-state index in [-0.39, 0.29) is 12.5 Å². The summed E-state index contributed by atoms with van der Waals surface area (Å²) in [4.78, 5) is 23.9. The van der Waals surface area contributed by atoms with Crippen molar-refractivity contribution in [2.75, 3.05) is 11.9 Å². The Morgan fingerprint density at radius 2 is 1.52 bits per heavy atom. The number of hydrogen-bond acceptors (Lipinski definition) is 4. The summed E-state index contributed by atoms with van der Waals surface area (Å²) in [6, 6.07) is 12.8. The maximum Gasteiger partial charge on any atom is 0.271 e. The first-order chi connectivity index (χ1) is 12.8. The molecule has 0 unspecified atom stereocenters. The van der Waals surface area contributed by atoms with Crippen molar-refractivity contribution in [3.63, 3.8) is 0 Å². The molecule has 0 fully saturated rings. The Kier molecular flexibility index (Phi) is 6.96. The Morgan fingerprint density at radius 3 is 2.00 bits per heavy atom. The minimum absolute atomic E-state index is 0.179. The molecule has 2 rings (SSSR count). The van der Waals surface area contributed by atoms with E-state index in [0.29, 0.717) is 23.1 Å². The van der Waals surface area contributed by atoms with Gasteiger partial charge >= 0.3 is 0 Å². The molecule has 2 amide bonds. The summed E-state index contributed by atoms with van der Waals surface area (Å²) in [6.45, 7) is 8.26. The Balaban J connectivity index is 2.19. The van der Waals surface area contributed by atoms with Gasteiger partial charge in [0.15, 0.2) is 6.61 Å². The van der Waals surface area contributed by atoms with Crippen LogP contribution in [-0.2, 0) is 4.79 Å². The maximum atomic E-state index is 12.8. The normalized spacial score (nSPS) is 10.8. The average Bonchev–Trinajstić information content (AvgIpc) is 2.66. The van der Waals surface area contributed by atoms with Crippen LogP contribution >= 0.6 is 0 Å². The Bertz CT molecular complexity index is 773. The summed E-state index contributed by atoms with van der Waals surface area (Å²) < 4.78 is 5.29. The molecule has 0 radical (unpaired) electrons. The van der Waals surface area contributed by atoms with Crippen molar-refractivity contribution in [3.8, 4) is 5.75 Å². The summed E-state index contributed by atoms with van der Waals surface area (Å²) in [7, 11) is 0. The second kappa shape index (κ2) is 9.19. The molecule has 0 saturated carbocycles. The highest BCUT2D eigenvalue weighted by molar-refractivity contribution is 6.05. The van der Waals surface area contributed by atoms with Gasteiger partial charge in [-0.3, -0.25) is 15.0 Å². The van der Waals surface area contributed by atoms with Crippen molar-refractivity contribution < 1.29 is 14.3 Å². The molecule has 0 bridgehead atoms. The van der Waals surface area contributed by atoms with Crippen LogP contribution in [0.2, 0.25) is 0 Å². The average molecular weight is 369 g/mol. The molecule has 2 aromatic rings. The lowest BCUT2D eigenvalue weighted by Crippen LogP contribution is -2.34. The molecule has 6 heteroatoms. The number of nitrogens with two attached hydrogens (primary N) is 1. The van der Waals surface area contributed by atoms with Crippen LogP contribution in [0.15, 0.2) is 42.5 Å². The van der Waals surface area contributed by atoms with Crippen LogP contribution in [-0.4, -0.2) is 18.4 Å². The molecule has 0 spiro atoms. The largest absolute Gasteiger partial charge is 0.484 e. The van der Waals surface area contributed by atoms with Crippen molar-refractivity contribution in [1.82, 2.24) is 5.43 Å². The molecular formula is C21H27N3O3. The van der Waals surface area contributed by atoms with Gasteiger partial charge in [0.2, 0.25) is 0 Å². The standard InChI is InChI=1S/C21H27N3O3/c1-13(2)17-6-5-7-18(14(3)4)20(17)23-21(26)15-8-10-16(11-9-15)27-12-19(25)24-22/h5-11,13-14H,12,22H2,1-4H3,(H,23,26)(H,24,25). The highest BCUT2D eigenvalue weighted by Crippen LogP contribution is 2.32. The zero-order valence-electron chi connectivity index (χ0n) is 16.2. The quantitative estimate of drug-likeness (QED) is 0.395. The molecule has 27 heavy (non-hydrogen) atoms. The van der Waals surface area contributed by atoms with Crippen LogP contribution in [0.25, 0.3) is 0 Å². The highest BCUT2D eigenvalue weighted by atomic mass is 16.5. The van der Waals surface area contributed by atoms with Crippen molar-refractivity contribution in [2.45, 2.75) is 39.5 Å². The van der Waals surface area contributed by atoms with Gasteiger partial charge in [0.25, 0.3) is 11.8 Å². The third-order valence-corrected chi connectivity index (χ3v) is 4.26. The van der Waals surface area contributed by atoms with E-state index in [4.69, 9.17) is 10.6 Å². The topological polar surface area (TPSA) is 93.4 Å². The predicted molar refractivity (Wildman–Crippen MR) is 107 cm³/mol. The molecule has 6 nitrogen and oxygen atoms in total. The fourth-order valence-electron chi connectivity index (χ4n) is 2.77. The van der Waals surface area contributed by atoms with E-state index >= 15 is 0 Å². The first-order valence-electron chi connectivity index (χ1n) is 9.00. The number of rotatable bonds is 7. The number of ether oxygens (including phenoxy) is 1. The summed E-state index contributed by atoms with van der Waals surface area (Å²) in [5.74, 6) is 5.47. The number of benzene rings is 2. The zero-order chi connectivity index (χ0) is 20.0. The Morgan fingerprint density at radius 1 is 0.963 bits per heavy atom. The summed E-state index contributed by atoms with van der Waals surface area (Å²) in [6.07, 6.45) is 0. The molecule has 144 valence electrons. The lowest BCUT2D eigenvalue weighted by atomic mass is 9.92. The van der Waals surface area contributed by atoms with Crippen LogP contribution in [0.1, 0.15) is 61.0 Å². The lowest BCUT2D eigenvalue weighted by molar-refractivity contribution is -0.123. The summed E-state index contributed by atoms with van der Waals surface area (Å²) in [5, 5.41) is 3.08. The molecule has 0 aliphatic rings. The van der Waals surface area contributed by atoms with E-state index in [0.717, 1.165) is 16.8 Å². The van der Waals surface area contributed by atoms with E-state index in [9.17, 15) is 9.59 Å². The van der Waals surface area contributed by atoms with E-state index < -0.39 is 5.91 Å². The van der Waals surface area contributed by atoms with Crippen molar-refractivity contribution in [2.24, 2.45) is 5.84 Å². The second-order valence-electron chi connectivity index (χ2n) is 6.96. The van der Waals surface area contributed by atoms with E-state index in [1.807, 2.05) is 23.6 Å². The zero-order valence-corrected chi connectivity index (χ0v) is 16.2. The monoisotopic (exact) mass is 369 g/mol. The molecule has 0 aliphatic heterocycles. The van der Waals surface area contributed by atoms with Gasteiger partial charge in [0.1, 0.15) is 5.75 Å². The third-order valence-electron chi connectivity index (χ3n) is 4.26. The number of carbonyl (C=O) groups is 2. The minimum Gasteiger partial charge on any atom is -0.484 e. The fraction of sp³-hybridized carbons (Fsp3) is 0.333. The van der Waals surface area contributed by atoms with Gasteiger partial charge in [0.05, 0.1) is 0 Å². The lowest BCUT2D eigenvalue weighted by Gasteiger charge is -2.20. The molecule has 0 saturated heterocycles. The van der Waals surface area contributed by atoms with Crippen LogP contribution in [0, 0.1) is 0 Å². The van der Waals surface area contributed by atoms with Crippen LogP contribution in [0.5, 0.6) is 5.75 Å². The SMILES string of the molecule is CC(C)c1cccc(C(C)C)c1NC(=O)c1ccc(OCC(=O)NN)cc1. The maximum absolute atomic E-state index is 12.8. The number of carbonyl (C=O) groups excluding carboxylic acids is 2. The van der Waals surface area contributed by atoms with Gasteiger partial charge in [-0.05, 0) is 47.2 Å². The number of hydrazine groups is 1. The number of nitrogens with one attached hydrogen (secondary N) is 2. The van der Waals surface area contributed by atoms with Gasteiger partial charge in [0, 0.05) is 11.3 Å². The molecule has 0 aromatic heterocycles. The smallest absolute Gasteiger partial charge is 0.271 e. The van der Waals surface area contributed by atoms with Gasteiger partial charge in [-0.2, -0.15) is 0 Å². The number of hydrogen-bond donors (Lipinski definition) is 3. The Labute approximate surface area is 160 Å². The summed E-state index contributed by atoms with van der Waals surface area (Å²) >= 11 is 0. The molecule has 2 aromatic carbocycles. The van der Waals surface area contributed by atoms with Crippen molar-refractivity contribution >= 4 is 17.5 Å². The summed E-state index contributed by atoms with van der Waals surface area (Å²) in [5.41, 5.74) is 5.61. The van der Waals surface area contributed by atoms with Gasteiger partial charge in [-0.15, -0.1) is 0 Å². The number of para-hydroxylation sites is 1.